The van der Waals surface area contributed by atoms with Crippen LogP contribution in [0.2, 0.25) is 5.28 Å². The third kappa shape index (κ3) is 4.73. The Balaban J connectivity index is 1.57. The Morgan fingerprint density at radius 1 is 1.26 bits per heavy atom. The highest BCUT2D eigenvalue weighted by Crippen LogP contribution is 2.44. The topological polar surface area (TPSA) is 101 Å². The number of rotatable bonds is 4. The summed E-state index contributed by atoms with van der Waals surface area (Å²) in [6, 6.07) is -0.0459. The standard InChI is InChI=1S/C23H32ClN5O5S/c1-22(2,3)34-21(30)28(12-8-6-7-9-12)17-13-10-25-29(18(13)27-20(24)26-17)19-16-15(14(11-35)31-19)32-23(4,5)33-16/h10,12,14-16,19,35H,6-9,11H2,1-5H3/t14-,15-,16-,19-/m1/s1. The van der Waals surface area contributed by atoms with Crippen LogP contribution in [0.25, 0.3) is 11.0 Å². The van der Waals surface area contributed by atoms with E-state index in [0.717, 1.165) is 25.7 Å². The minimum atomic E-state index is -0.755. The van der Waals surface area contributed by atoms with Crippen LogP contribution in [0.4, 0.5) is 10.6 Å². The fraction of sp³-hybridized carbons (Fsp3) is 0.739. The first kappa shape index (κ1) is 25.0. The van der Waals surface area contributed by atoms with Gasteiger partial charge in [-0.05, 0) is 59.1 Å². The van der Waals surface area contributed by atoms with E-state index in [0.29, 0.717) is 22.6 Å². The second-order valence-electron chi connectivity index (χ2n) is 10.7. The predicted octanol–water partition coefficient (Wildman–Crippen LogP) is 4.51. The molecular weight excluding hydrogens is 494 g/mol. The molecule has 2 saturated heterocycles. The normalized spacial score (nSPS) is 28.5. The number of carbonyl (C=O) groups is 1. The van der Waals surface area contributed by atoms with E-state index >= 15 is 0 Å². The van der Waals surface area contributed by atoms with E-state index < -0.39 is 29.8 Å². The molecule has 12 heteroatoms. The number of amides is 1. The van der Waals surface area contributed by atoms with Crippen LogP contribution in [0.5, 0.6) is 0 Å². The van der Waals surface area contributed by atoms with Gasteiger partial charge in [-0.1, -0.05) is 12.8 Å². The number of hydrogen-bond donors (Lipinski definition) is 1. The second kappa shape index (κ2) is 9.02. The smallest absolute Gasteiger partial charge is 0.416 e. The molecule has 192 valence electrons. The van der Waals surface area contributed by atoms with Gasteiger partial charge in [0, 0.05) is 11.8 Å². The van der Waals surface area contributed by atoms with Crippen LogP contribution in [0.1, 0.15) is 66.5 Å². The Labute approximate surface area is 215 Å². The molecule has 2 aromatic rings. The number of anilines is 1. The third-order valence-corrected chi connectivity index (χ3v) is 6.99. The summed E-state index contributed by atoms with van der Waals surface area (Å²) in [5, 5.41) is 5.18. The average molecular weight is 526 g/mol. The number of fused-ring (bicyclic) bond motifs is 2. The molecule has 5 rings (SSSR count). The fourth-order valence-corrected chi connectivity index (χ4v) is 5.59. The molecule has 1 aliphatic carbocycles. The van der Waals surface area contributed by atoms with Gasteiger partial charge in [-0.25, -0.2) is 9.48 Å². The van der Waals surface area contributed by atoms with Crippen LogP contribution in [0.3, 0.4) is 0 Å². The summed E-state index contributed by atoms with van der Waals surface area (Å²) in [4.78, 5) is 23.9. The van der Waals surface area contributed by atoms with Gasteiger partial charge in [-0.15, -0.1) is 0 Å². The summed E-state index contributed by atoms with van der Waals surface area (Å²) in [5.74, 6) is 0.0948. The molecule has 35 heavy (non-hydrogen) atoms. The third-order valence-electron chi connectivity index (χ3n) is 6.46. The van der Waals surface area contributed by atoms with Crippen LogP contribution in [0.15, 0.2) is 6.20 Å². The molecular formula is C23H32ClN5O5S. The molecule has 0 unspecified atom stereocenters. The van der Waals surface area contributed by atoms with Crippen molar-refractivity contribution < 1.29 is 23.7 Å². The summed E-state index contributed by atoms with van der Waals surface area (Å²) in [6.45, 7) is 9.27. The van der Waals surface area contributed by atoms with E-state index in [4.69, 9.17) is 30.5 Å². The SMILES string of the molecule is CC(C)(C)OC(=O)N(c1nc(Cl)nc2c1cnn2[C@@H]1O[C@H](CS)[C@H]2OC(C)(C)O[C@H]21)C1CCCC1. The molecule has 1 amide bonds. The van der Waals surface area contributed by atoms with Crippen molar-refractivity contribution in [3.8, 4) is 0 Å². The molecule has 3 fully saturated rings. The summed E-state index contributed by atoms with van der Waals surface area (Å²) >= 11 is 10.8. The summed E-state index contributed by atoms with van der Waals surface area (Å²) in [5.41, 5.74) is -0.210. The Hall–Kier alpha value is -1.66. The number of ether oxygens (including phenoxy) is 4. The fourth-order valence-electron chi connectivity index (χ4n) is 5.14. The Bertz CT molecular complexity index is 1120. The molecule has 0 bridgehead atoms. The molecule has 0 radical (unpaired) electrons. The first-order chi connectivity index (χ1) is 16.5. The van der Waals surface area contributed by atoms with Gasteiger partial charge in [-0.2, -0.15) is 27.7 Å². The number of halogens is 1. The molecule has 2 aliphatic heterocycles. The van der Waals surface area contributed by atoms with Crippen LogP contribution >= 0.6 is 24.2 Å². The highest BCUT2D eigenvalue weighted by atomic mass is 35.5. The van der Waals surface area contributed by atoms with E-state index in [1.807, 2.05) is 34.6 Å². The quantitative estimate of drug-likeness (QED) is 0.459. The van der Waals surface area contributed by atoms with Gasteiger partial charge < -0.3 is 18.9 Å². The van der Waals surface area contributed by atoms with Gasteiger partial charge in [0.2, 0.25) is 5.28 Å². The Morgan fingerprint density at radius 2 is 1.94 bits per heavy atom. The van der Waals surface area contributed by atoms with Crippen LogP contribution < -0.4 is 4.90 Å². The minimum absolute atomic E-state index is 0.00465. The first-order valence-electron chi connectivity index (χ1n) is 12.0. The van der Waals surface area contributed by atoms with Crippen molar-refractivity contribution in [2.24, 2.45) is 0 Å². The van der Waals surface area contributed by atoms with Crippen molar-refractivity contribution in [3.05, 3.63) is 11.5 Å². The molecule has 0 N–H and O–H groups in total. The van der Waals surface area contributed by atoms with Crippen molar-refractivity contribution in [2.45, 2.75) is 102 Å². The van der Waals surface area contributed by atoms with E-state index in [9.17, 15) is 4.79 Å². The highest BCUT2D eigenvalue weighted by molar-refractivity contribution is 7.80. The van der Waals surface area contributed by atoms with Crippen molar-refractivity contribution in [3.63, 3.8) is 0 Å². The van der Waals surface area contributed by atoms with Crippen molar-refractivity contribution in [2.75, 3.05) is 10.7 Å². The van der Waals surface area contributed by atoms with Gasteiger partial charge in [0.05, 0.1) is 17.7 Å². The highest BCUT2D eigenvalue weighted by Gasteiger charge is 2.56. The molecule has 4 atom stereocenters. The van der Waals surface area contributed by atoms with Crippen molar-refractivity contribution in [1.29, 1.82) is 0 Å². The first-order valence-corrected chi connectivity index (χ1v) is 13.0. The maximum Gasteiger partial charge on any atom is 0.416 e. The maximum atomic E-state index is 13.4. The molecule has 4 heterocycles. The number of carbonyl (C=O) groups excluding carboxylic acids is 1. The van der Waals surface area contributed by atoms with Crippen LogP contribution in [0, 0.1) is 0 Å². The van der Waals surface area contributed by atoms with Gasteiger partial charge in [-0.3, -0.25) is 4.90 Å². The lowest BCUT2D eigenvalue weighted by molar-refractivity contribution is -0.195. The number of aromatic nitrogens is 4. The summed E-state index contributed by atoms with van der Waals surface area (Å²) < 4.78 is 25.9. The molecule has 2 aromatic heterocycles. The van der Waals surface area contributed by atoms with Gasteiger partial charge in [0.1, 0.15) is 17.8 Å². The molecule has 10 nitrogen and oxygen atoms in total. The lowest BCUT2D eigenvalue weighted by Crippen LogP contribution is -2.43. The summed E-state index contributed by atoms with van der Waals surface area (Å²) in [6.07, 6.45) is 3.38. The lowest BCUT2D eigenvalue weighted by Gasteiger charge is -2.31. The maximum absolute atomic E-state index is 13.4. The van der Waals surface area contributed by atoms with Crippen molar-refractivity contribution >= 4 is 47.2 Å². The summed E-state index contributed by atoms with van der Waals surface area (Å²) in [7, 11) is 0. The van der Waals surface area contributed by atoms with Crippen molar-refractivity contribution in [1.82, 2.24) is 19.7 Å². The largest absolute Gasteiger partial charge is 0.443 e. The van der Waals surface area contributed by atoms with Gasteiger partial charge in [0.15, 0.2) is 23.5 Å². The number of thiol groups is 1. The number of hydrogen-bond acceptors (Lipinski definition) is 9. The zero-order valence-electron chi connectivity index (χ0n) is 20.6. The van der Waals surface area contributed by atoms with E-state index in [1.54, 1.807) is 15.8 Å². The Morgan fingerprint density at radius 3 is 2.60 bits per heavy atom. The van der Waals surface area contributed by atoms with E-state index in [1.165, 1.54) is 0 Å². The molecule has 0 spiro atoms. The molecule has 3 aliphatic rings. The minimum Gasteiger partial charge on any atom is -0.443 e. The van der Waals surface area contributed by atoms with E-state index in [2.05, 4.69) is 27.7 Å². The predicted molar refractivity (Wildman–Crippen MR) is 133 cm³/mol. The van der Waals surface area contributed by atoms with Gasteiger partial charge >= 0.3 is 6.09 Å². The zero-order valence-corrected chi connectivity index (χ0v) is 22.3. The molecule has 1 saturated carbocycles. The van der Waals surface area contributed by atoms with Crippen LogP contribution in [-0.4, -0.2) is 67.3 Å². The van der Waals surface area contributed by atoms with E-state index in [-0.39, 0.29) is 23.5 Å². The zero-order chi connectivity index (χ0) is 25.1. The second-order valence-corrected chi connectivity index (χ2v) is 11.4. The van der Waals surface area contributed by atoms with Crippen LogP contribution in [-0.2, 0) is 18.9 Å². The monoisotopic (exact) mass is 525 g/mol. The lowest BCUT2D eigenvalue weighted by atomic mass is 10.1. The number of nitrogens with zero attached hydrogens (tertiary/aromatic N) is 5. The van der Waals surface area contributed by atoms with Gasteiger partial charge in [0.25, 0.3) is 0 Å². The molecule has 0 aromatic carbocycles. The Kier molecular flexibility index (Phi) is 6.45. The average Bonchev–Trinajstić information content (AvgIpc) is 3.50.